The lowest BCUT2D eigenvalue weighted by molar-refractivity contribution is -0.117. The van der Waals surface area contributed by atoms with Gasteiger partial charge in [0.2, 0.25) is 0 Å². The lowest BCUT2D eigenvalue weighted by Gasteiger charge is -2.36. The van der Waals surface area contributed by atoms with Crippen LogP contribution in [0.4, 0.5) is 0 Å². The Morgan fingerprint density at radius 2 is 2.33 bits per heavy atom. The van der Waals surface area contributed by atoms with Gasteiger partial charge in [0.15, 0.2) is 5.78 Å². The van der Waals surface area contributed by atoms with Gasteiger partial charge in [0.25, 0.3) is 0 Å². The second kappa shape index (κ2) is 4.75. The molecule has 0 aromatic carbocycles. The summed E-state index contributed by atoms with van der Waals surface area (Å²) in [6.45, 7) is 6.16. The summed E-state index contributed by atoms with van der Waals surface area (Å²) in [7, 11) is 0. The van der Waals surface area contributed by atoms with Crippen LogP contribution >= 0.6 is 0 Å². The maximum Gasteiger partial charge on any atom is 0.180 e. The molecule has 1 aliphatic rings. The van der Waals surface area contributed by atoms with Crippen molar-refractivity contribution in [2.75, 3.05) is 6.61 Å². The van der Waals surface area contributed by atoms with Crippen molar-refractivity contribution in [3.63, 3.8) is 0 Å². The molecule has 0 saturated heterocycles. The quantitative estimate of drug-likeness (QED) is 0.571. The van der Waals surface area contributed by atoms with Crippen molar-refractivity contribution >= 4 is 5.78 Å². The normalized spacial score (nSPS) is 25.3. The first-order valence-corrected chi connectivity index (χ1v) is 5.46. The zero-order chi connectivity index (χ0) is 11.5. The average molecular weight is 208 g/mol. The molecule has 0 radical (unpaired) electrons. The molecule has 84 valence electrons. The summed E-state index contributed by atoms with van der Waals surface area (Å²) in [4.78, 5) is 11.0. The Kier molecular flexibility index (Phi) is 3.86. The zero-order valence-corrected chi connectivity index (χ0v) is 9.79. The van der Waals surface area contributed by atoms with E-state index in [2.05, 4.69) is 26.8 Å². The van der Waals surface area contributed by atoms with Gasteiger partial charge in [-0.3, -0.25) is 4.79 Å². The Bertz CT molecular complexity index is 298. The van der Waals surface area contributed by atoms with E-state index >= 15 is 0 Å². The third-order valence-electron chi connectivity index (χ3n) is 3.22. The molecule has 2 heteroatoms. The van der Waals surface area contributed by atoms with Crippen LogP contribution in [0.5, 0.6) is 0 Å². The van der Waals surface area contributed by atoms with E-state index in [9.17, 15) is 4.79 Å². The van der Waals surface area contributed by atoms with Crippen LogP contribution in [-0.2, 0) is 4.79 Å². The highest BCUT2D eigenvalue weighted by Gasteiger charge is 2.30. The molecule has 0 spiro atoms. The maximum absolute atomic E-state index is 11.0. The molecule has 0 amide bonds. The van der Waals surface area contributed by atoms with Gasteiger partial charge in [-0.05, 0) is 31.3 Å². The summed E-state index contributed by atoms with van der Waals surface area (Å²) in [6.07, 6.45) is 7.95. The van der Waals surface area contributed by atoms with Crippen LogP contribution in [0.3, 0.4) is 0 Å². The Labute approximate surface area is 91.7 Å². The zero-order valence-electron chi connectivity index (χ0n) is 9.79. The van der Waals surface area contributed by atoms with Crippen molar-refractivity contribution in [3.05, 3.63) is 23.8 Å². The minimum absolute atomic E-state index is 0.213. The second-order valence-corrected chi connectivity index (χ2v) is 4.94. The minimum atomic E-state index is -0.396. The van der Waals surface area contributed by atoms with Gasteiger partial charge < -0.3 is 5.11 Å². The lowest BCUT2D eigenvalue weighted by atomic mass is 9.68. The van der Waals surface area contributed by atoms with Gasteiger partial charge in [0, 0.05) is 5.92 Å². The molecule has 1 unspecified atom stereocenters. The highest BCUT2D eigenvalue weighted by Crippen LogP contribution is 2.41. The van der Waals surface area contributed by atoms with Crippen LogP contribution < -0.4 is 0 Å². The van der Waals surface area contributed by atoms with Crippen molar-refractivity contribution in [1.29, 1.82) is 0 Å². The highest BCUT2D eigenvalue weighted by atomic mass is 16.3. The topological polar surface area (TPSA) is 37.3 Å². The van der Waals surface area contributed by atoms with Gasteiger partial charge in [-0.1, -0.05) is 31.6 Å². The fraction of sp³-hybridized carbons (Fsp3) is 0.615. The Morgan fingerprint density at radius 3 is 2.87 bits per heavy atom. The van der Waals surface area contributed by atoms with E-state index in [0.29, 0.717) is 5.92 Å². The van der Waals surface area contributed by atoms with Crippen molar-refractivity contribution in [1.82, 2.24) is 0 Å². The molecule has 0 saturated carbocycles. The average Bonchev–Trinajstić information content (AvgIpc) is 2.15. The summed E-state index contributed by atoms with van der Waals surface area (Å²) in [6, 6.07) is 0. The largest absolute Gasteiger partial charge is 0.388 e. The van der Waals surface area contributed by atoms with Gasteiger partial charge in [0.05, 0.1) is 0 Å². The van der Waals surface area contributed by atoms with Crippen LogP contribution in [0.15, 0.2) is 23.8 Å². The Morgan fingerprint density at radius 1 is 1.67 bits per heavy atom. The monoisotopic (exact) mass is 208 g/mol. The summed E-state index contributed by atoms with van der Waals surface area (Å²) in [5.41, 5.74) is 1.54. The molecule has 2 nitrogen and oxygen atoms in total. The third kappa shape index (κ3) is 3.03. The Hall–Kier alpha value is -0.890. The molecule has 1 rings (SSSR count). The van der Waals surface area contributed by atoms with Crippen LogP contribution in [0.1, 0.15) is 33.6 Å². The molecule has 0 bridgehead atoms. The minimum Gasteiger partial charge on any atom is -0.388 e. The van der Waals surface area contributed by atoms with Gasteiger partial charge in [-0.15, -0.1) is 0 Å². The SMILES string of the molecule is CC1=CCCC(C)(C)C1C=CC(=O)CO. The van der Waals surface area contributed by atoms with Gasteiger partial charge in [-0.2, -0.15) is 0 Å². The first-order valence-electron chi connectivity index (χ1n) is 5.46. The van der Waals surface area contributed by atoms with E-state index in [1.54, 1.807) is 0 Å². The maximum atomic E-state index is 11.0. The van der Waals surface area contributed by atoms with Gasteiger partial charge >= 0.3 is 0 Å². The van der Waals surface area contributed by atoms with E-state index in [4.69, 9.17) is 5.11 Å². The van der Waals surface area contributed by atoms with Crippen LogP contribution in [0.2, 0.25) is 0 Å². The molecule has 15 heavy (non-hydrogen) atoms. The number of aliphatic hydroxyl groups is 1. The summed E-state index contributed by atoms with van der Waals surface area (Å²) >= 11 is 0. The molecule has 0 aromatic rings. The number of hydrogen-bond donors (Lipinski definition) is 1. The fourth-order valence-corrected chi connectivity index (χ4v) is 2.24. The third-order valence-corrected chi connectivity index (χ3v) is 3.22. The number of hydrogen-bond acceptors (Lipinski definition) is 2. The molecule has 0 fully saturated rings. The molecule has 0 heterocycles. The van der Waals surface area contributed by atoms with Crippen molar-refractivity contribution in [2.24, 2.45) is 11.3 Å². The van der Waals surface area contributed by atoms with E-state index in [0.717, 1.165) is 12.8 Å². The summed E-state index contributed by atoms with van der Waals surface area (Å²) in [5.74, 6) is 0.103. The lowest BCUT2D eigenvalue weighted by Crippen LogP contribution is -2.26. The highest BCUT2D eigenvalue weighted by molar-refractivity contribution is 5.90. The molecule has 1 N–H and O–H groups in total. The Balaban J connectivity index is 2.81. The number of rotatable bonds is 3. The number of allylic oxidation sites excluding steroid dienone is 3. The molecular formula is C13H20O2. The van der Waals surface area contributed by atoms with E-state index in [1.807, 2.05) is 6.08 Å². The molecule has 1 atom stereocenters. The first kappa shape index (κ1) is 12.2. The van der Waals surface area contributed by atoms with E-state index in [-0.39, 0.29) is 11.2 Å². The number of carbonyl (C=O) groups excluding carboxylic acids is 1. The van der Waals surface area contributed by atoms with Crippen LogP contribution in [0, 0.1) is 11.3 Å². The van der Waals surface area contributed by atoms with Crippen LogP contribution in [-0.4, -0.2) is 17.5 Å². The van der Waals surface area contributed by atoms with Gasteiger partial charge in [0.1, 0.15) is 6.61 Å². The van der Waals surface area contributed by atoms with Crippen molar-refractivity contribution in [3.8, 4) is 0 Å². The van der Waals surface area contributed by atoms with Gasteiger partial charge in [-0.25, -0.2) is 0 Å². The fourth-order valence-electron chi connectivity index (χ4n) is 2.24. The molecular weight excluding hydrogens is 188 g/mol. The smallest absolute Gasteiger partial charge is 0.180 e. The molecule has 1 aliphatic carbocycles. The van der Waals surface area contributed by atoms with Crippen LogP contribution in [0.25, 0.3) is 0 Å². The standard InChI is InChI=1S/C13H20O2/c1-10-5-4-8-13(2,3)12(10)7-6-11(15)9-14/h5-7,12,14H,4,8-9H2,1-3H3. The molecule has 0 aromatic heterocycles. The first-order chi connectivity index (χ1) is 6.97. The second-order valence-electron chi connectivity index (χ2n) is 4.94. The number of carbonyl (C=O) groups is 1. The number of aliphatic hydroxyl groups excluding tert-OH is 1. The van der Waals surface area contributed by atoms with Crippen molar-refractivity contribution in [2.45, 2.75) is 33.6 Å². The van der Waals surface area contributed by atoms with E-state index < -0.39 is 6.61 Å². The summed E-state index contributed by atoms with van der Waals surface area (Å²) < 4.78 is 0. The predicted molar refractivity (Wildman–Crippen MR) is 61.5 cm³/mol. The summed E-state index contributed by atoms with van der Waals surface area (Å²) in [5, 5.41) is 8.64. The van der Waals surface area contributed by atoms with E-state index in [1.165, 1.54) is 11.6 Å². The molecule has 0 aliphatic heterocycles. The predicted octanol–water partition coefficient (Wildman–Crippen LogP) is 2.49. The number of ketones is 1. The van der Waals surface area contributed by atoms with Crippen molar-refractivity contribution < 1.29 is 9.90 Å².